The van der Waals surface area contributed by atoms with Crippen LogP contribution in [0.1, 0.15) is 38.0 Å². The number of nitrogens with one attached hydrogen (secondary N) is 1. The first-order valence-electron chi connectivity index (χ1n) is 7.17. The van der Waals surface area contributed by atoms with Crippen molar-refractivity contribution >= 4 is 21.4 Å². The first kappa shape index (κ1) is 15.9. The third-order valence-electron chi connectivity index (χ3n) is 3.54. The van der Waals surface area contributed by atoms with Crippen LogP contribution in [0.25, 0.3) is 0 Å². The summed E-state index contributed by atoms with van der Waals surface area (Å²) >= 11 is 1.52. The Labute approximate surface area is 126 Å². The van der Waals surface area contributed by atoms with Crippen molar-refractivity contribution in [2.75, 3.05) is 13.6 Å². The van der Waals surface area contributed by atoms with Gasteiger partial charge in [-0.15, -0.1) is 11.3 Å². The largest absolute Gasteiger partial charge is 0.309 e. The van der Waals surface area contributed by atoms with E-state index >= 15 is 0 Å². The molecule has 0 spiro atoms. The molecule has 1 N–H and O–H groups in total. The van der Waals surface area contributed by atoms with E-state index in [0.717, 1.165) is 11.3 Å². The molecule has 0 radical (unpaired) electrons. The van der Waals surface area contributed by atoms with Gasteiger partial charge in [0.15, 0.2) is 0 Å². The van der Waals surface area contributed by atoms with Crippen LogP contribution in [0.5, 0.6) is 0 Å². The Morgan fingerprint density at radius 2 is 2.15 bits per heavy atom. The van der Waals surface area contributed by atoms with E-state index in [4.69, 9.17) is 0 Å². The monoisotopic (exact) mass is 316 g/mol. The van der Waals surface area contributed by atoms with Gasteiger partial charge >= 0.3 is 0 Å². The quantitative estimate of drug-likeness (QED) is 0.802. The average Bonchev–Trinajstić information content (AvgIpc) is 3.09. The molecule has 1 aliphatic carbocycles. The first-order chi connectivity index (χ1) is 9.41. The minimum atomic E-state index is -3.35. The van der Waals surface area contributed by atoms with E-state index in [2.05, 4.69) is 19.2 Å². The second-order valence-electron chi connectivity index (χ2n) is 5.87. The molecule has 0 atom stereocenters. The molecule has 0 saturated heterocycles. The van der Waals surface area contributed by atoms with Crippen LogP contribution in [-0.4, -0.2) is 32.4 Å². The zero-order valence-electron chi connectivity index (χ0n) is 12.4. The van der Waals surface area contributed by atoms with E-state index in [9.17, 15) is 8.42 Å². The molecular formula is C14H24N2O2S2. The molecule has 1 heterocycles. The van der Waals surface area contributed by atoms with Crippen molar-refractivity contribution in [2.45, 2.75) is 50.6 Å². The lowest BCUT2D eigenvalue weighted by Crippen LogP contribution is -2.29. The van der Waals surface area contributed by atoms with Crippen LogP contribution in [0, 0.1) is 5.92 Å². The van der Waals surface area contributed by atoms with Crippen LogP contribution in [0.15, 0.2) is 16.3 Å². The molecule has 0 unspecified atom stereocenters. The summed E-state index contributed by atoms with van der Waals surface area (Å²) in [5.74, 6) is 0.506. The van der Waals surface area contributed by atoms with Crippen LogP contribution in [0.3, 0.4) is 0 Å². The van der Waals surface area contributed by atoms with E-state index < -0.39 is 10.0 Å². The summed E-state index contributed by atoms with van der Waals surface area (Å²) in [5.41, 5.74) is 0. The summed E-state index contributed by atoms with van der Waals surface area (Å²) in [4.78, 5) is 1.40. The van der Waals surface area contributed by atoms with Gasteiger partial charge in [0.2, 0.25) is 10.0 Å². The fraction of sp³-hybridized carbons (Fsp3) is 0.714. The maximum absolute atomic E-state index is 12.6. The van der Waals surface area contributed by atoms with E-state index in [-0.39, 0.29) is 0 Å². The summed E-state index contributed by atoms with van der Waals surface area (Å²) in [6.45, 7) is 5.45. The number of nitrogens with zero attached hydrogens (tertiary/aromatic N) is 1. The summed E-state index contributed by atoms with van der Waals surface area (Å²) in [7, 11) is -1.67. The Hall–Kier alpha value is -0.430. The van der Waals surface area contributed by atoms with E-state index in [0.29, 0.717) is 29.9 Å². The predicted molar refractivity (Wildman–Crippen MR) is 83.5 cm³/mol. The Balaban J connectivity index is 2.05. The molecule has 1 saturated carbocycles. The third-order valence-corrected chi connectivity index (χ3v) is 6.53. The topological polar surface area (TPSA) is 49.4 Å². The van der Waals surface area contributed by atoms with Gasteiger partial charge in [-0.05, 0) is 36.6 Å². The molecule has 114 valence electrons. The fourth-order valence-electron chi connectivity index (χ4n) is 1.94. The smallest absolute Gasteiger partial charge is 0.243 e. The van der Waals surface area contributed by atoms with Crippen molar-refractivity contribution in [2.24, 2.45) is 5.92 Å². The van der Waals surface area contributed by atoms with Crippen LogP contribution in [0.4, 0.5) is 0 Å². The van der Waals surface area contributed by atoms with Gasteiger partial charge in [0.05, 0.1) is 4.90 Å². The van der Waals surface area contributed by atoms with E-state index in [1.807, 2.05) is 5.38 Å². The molecule has 4 nitrogen and oxygen atoms in total. The number of sulfonamides is 1. The predicted octanol–water partition coefficient (Wildman–Crippen LogP) is 2.67. The van der Waals surface area contributed by atoms with Crippen molar-refractivity contribution in [3.8, 4) is 0 Å². The number of rotatable bonds is 8. The Kier molecular flexibility index (Phi) is 5.23. The van der Waals surface area contributed by atoms with Gasteiger partial charge in [0.25, 0.3) is 0 Å². The van der Waals surface area contributed by atoms with Gasteiger partial charge in [0.1, 0.15) is 0 Å². The summed E-state index contributed by atoms with van der Waals surface area (Å²) in [6, 6.07) is 2.32. The van der Waals surface area contributed by atoms with Crippen molar-refractivity contribution < 1.29 is 8.42 Å². The molecule has 0 aromatic carbocycles. The number of thiophene rings is 1. The molecule has 2 rings (SSSR count). The highest BCUT2D eigenvalue weighted by molar-refractivity contribution is 7.89. The standard InChI is InChI=1S/C14H24N2O2S2/c1-11(2)6-8-16(3)20(17,18)14-7-9-19-13(14)10-15-12-4-5-12/h7,9,11-12,15H,4-6,8,10H2,1-3H3. The highest BCUT2D eigenvalue weighted by Crippen LogP contribution is 2.26. The molecule has 1 aromatic rings. The Morgan fingerprint density at radius 1 is 1.45 bits per heavy atom. The molecule has 1 aliphatic rings. The van der Waals surface area contributed by atoms with Crippen molar-refractivity contribution in [1.82, 2.24) is 9.62 Å². The van der Waals surface area contributed by atoms with Crippen molar-refractivity contribution in [3.05, 3.63) is 16.3 Å². The average molecular weight is 316 g/mol. The molecular weight excluding hydrogens is 292 g/mol. The van der Waals surface area contributed by atoms with Crippen LogP contribution >= 0.6 is 11.3 Å². The van der Waals surface area contributed by atoms with Gasteiger partial charge in [-0.25, -0.2) is 12.7 Å². The van der Waals surface area contributed by atoms with Gasteiger partial charge in [-0.2, -0.15) is 0 Å². The van der Waals surface area contributed by atoms with Gasteiger partial charge < -0.3 is 5.32 Å². The third kappa shape index (κ3) is 4.04. The lowest BCUT2D eigenvalue weighted by Gasteiger charge is -2.18. The molecule has 0 aliphatic heterocycles. The van der Waals surface area contributed by atoms with Crippen LogP contribution < -0.4 is 5.32 Å². The number of hydrogen-bond donors (Lipinski definition) is 1. The van der Waals surface area contributed by atoms with Crippen molar-refractivity contribution in [3.63, 3.8) is 0 Å². The van der Waals surface area contributed by atoms with Gasteiger partial charge in [-0.3, -0.25) is 0 Å². The molecule has 20 heavy (non-hydrogen) atoms. The maximum atomic E-state index is 12.6. The second-order valence-corrected chi connectivity index (χ2v) is 8.89. The summed E-state index contributed by atoms with van der Waals surface area (Å²) < 4.78 is 26.7. The summed E-state index contributed by atoms with van der Waals surface area (Å²) in [5, 5.41) is 5.26. The van der Waals surface area contributed by atoms with Crippen LogP contribution in [0.2, 0.25) is 0 Å². The molecule has 6 heteroatoms. The molecule has 0 amide bonds. The molecule has 1 aromatic heterocycles. The normalized spacial score (nSPS) is 16.2. The maximum Gasteiger partial charge on any atom is 0.243 e. The highest BCUT2D eigenvalue weighted by atomic mass is 32.2. The van der Waals surface area contributed by atoms with E-state index in [1.165, 1.54) is 28.5 Å². The minimum absolute atomic E-state index is 0.474. The van der Waals surface area contributed by atoms with Crippen molar-refractivity contribution in [1.29, 1.82) is 0 Å². The first-order valence-corrected chi connectivity index (χ1v) is 9.49. The molecule has 0 bridgehead atoms. The Morgan fingerprint density at radius 3 is 2.75 bits per heavy atom. The number of hydrogen-bond acceptors (Lipinski definition) is 4. The Bertz CT molecular complexity index is 533. The minimum Gasteiger partial charge on any atom is -0.309 e. The lowest BCUT2D eigenvalue weighted by molar-refractivity contribution is 0.427. The fourth-order valence-corrected chi connectivity index (χ4v) is 4.49. The lowest BCUT2D eigenvalue weighted by atomic mass is 10.1. The van der Waals surface area contributed by atoms with Gasteiger partial charge in [-0.1, -0.05) is 13.8 Å². The SMILES string of the molecule is CC(C)CCN(C)S(=O)(=O)c1ccsc1CNC1CC1. The zero-order chi connectivity index (χ0) is 14.8. The second kappa shape index (κ2) is 6.56. The zero-order valence-corrected chi connectivity index (χ0v) is 14.1. The highest BCUT2D eigenvalue weighted by Gasteiger charge is 2.26. The van der Waals surface area contributed by atoms with Crippen LogP contribution in [-0.2, 0) is 16.6 Å². The van der Waals surface area contributed by atoms with Gasteiger partial charge in [0, 0.05) is 31.1 Å². The summed E-state index contributed by atoms with van der Waals surface area (Å²) in [6.07, 6.45) is 3.30. The van der Waals surface area contributed by atoms with E-state index in [1.54, 1.807) is 13.1 Å². The molecule has 1 fully saturated rings.